The Hall–Kier alpha value is -0.560. The molecule has 0 fully saturated rings. The predicted octanol–water partition coefficient (Wildman–Crippen LogP) is -0.397. The van der Waals surface area contributed by atoms with E-state index in [1.165, 1.54) is 0 Å². The third-order valence-corrected chi connectivity index (χ3v) is 3.31. The van der Waals surface area contributed by atoms with Gasteiger partial charge in [-0.1, -0.05) is 23.2 Å². The summed E-state index contributed by atoms with van der Waals surface area (Å²) < 4.78 is 5.43. The molecule has 0 radical (unpaired) electrons. The van der Waals surface area contributed by atoms with E-state index in [0.29, 0.717) is 35.4 Å². The van der Waals surface area contributed by atoms with Crippen molar-refractivity contribution in [2.24, 2.45) is 0 Å². The van der Waals surface area contributed by atoms with Gasteiger partial charge < -0.3 is 25.0 Å². The van der Waals surface area contributed by atoms with E-state index < -0.39 is 6.10 Å². The second kappa shape index (κ2) is 9.39. The van der Waals surface area contributed by atoms with Crippen LogP contribution in [0, 0.1) is 0 Å². The molecule has 0 bridgehead atoms. The molecular weight excluding hydrogens is 305 g/mol. The number of hydrogen-bond acceptors (Lipinski definition) is 4. The average molecular weight is 325 g/mol. The third kappa shape index (κ3) is 6.26. The SMILES string of the molecule is OCC[NH+](CCO)C[C@H](O)COc1ccc(Cl)cc1Cl. The first-order valence-electron chi connectivity index (χ1n) is 6.38. The smallest absolute Gasteiger partial charge is 0.138 e. The second-order valence-electron chi connectivity index (χ2n) is 4.44. The van der Waals surface area contributed by atoms with Gasteiger partial charge in [0, 0.05) is 5.02 Å². The zero-order chi connectivity index (χ0) is 15.0. The van der Waals surface area contributed by atoms with Gasteiger partial charge in [-0.05, 0) is 18.2 Å². The number of halogens is 2. The van der Waals surface area contributed by atoms with Crippen molar-refractivity contribution in [2.45, 2.75) is 6.10 Å². The summed E-state index contributed by atoms with van der Waals surface area (Å²) in [6.07, 6.45) is -0.713. The number of quaternary nitrogens is 1. The molecule has 1 rings (SSSR count). The molecule has 0 aromatic heterocycles. The highest BCUT2D eigenvalue weighted by molar-refractivity contribution is 6.35. The molecule has 0 saturated carbocycles. The van der Waals surface area contributed by atoms with E-state index >= 15 is 0 Å². The highest BCUT2D eigenvalue weighted by Gasteiger charge is 2.15. The maximum Gasteiger partial charge on any atom is 0.138 e. The summed E-state index contributed by atoms with van der Waals surface area (Å²) in [7, 11) is 0. The molecular formula is C13H20Cl2NO4+. The summed E-state index contributed by atoms with van der Waals surface area (Å²) in [5.41, 5.74) is 0. The van der Waals surface area contributed by atoms with Gasteiger partial charge in [-0.15, -0.1) is 0 Å². The molecule has 114 valence electrons. The fourth-order valence-corrected chi connectivity index (χ4v) is 2.28. The Balaban J connectivity index is 2.43. The molecule has 0 aliphatic rings. The second-order valence-corrected chi connectivity index (χ2v) is 5.28. The fourth-order valence-electron chi connectivity index (χ4n) is 1.82. The Morgan fingerprint density at radius 1 is 1.15 bits per heavy atom. The Morgan fingerprint density at radius 3 is 2.35 bits per heavy atom. The lowest BCUT2D eigenvalue weighted by molar-refractivity contribution is -0.903. The highest BCUT2D eigenvalue weighted by Crippen LogP contribution is 2.27. The van der Waals surface area contributed by atoms with Crippen molar-refractivity contribution in [3.05, 3.63) is 28.2 Å². The highest BCUT2D eigenvalue weighted by atomic mass is 35.5. The van der Waals surface area contributed by atoms with Gasteiger partial charge in [-0.3, -0.25) is 0 Å². The van der Waals surface area contributed by atoms with E-state index in [2.05, 4.69) is 0 Å². The van der Waals surface area contributed by atoms with Crippen LogP contribution in [0.25, 0.3) is 0 Å². The molecule has 0 unspecified atom stereocenters. The van der Waals surface area contributed by atoms with Gasteiger partial charge in [-0.2, -0.15) is 0 Å². The molecule has 0 spiro atoms. The zero-order valence-electron chi connectivity index (χ0n) is 11.1. The third-order valence-electron chi connectivity index (χ3n) is 2.78. The summed E-state index contributed by atoms with van der Waals surface area (Å²) in [4.78, 5) is 0.910. The minimum absolute atomic E-state index is 0.00588. The molecule has 1 aromatic rings. The molecule has 5 nitrogen and oxygen atoms in total. The maximum atomic E-state index is 9.90. The Bertz CT molecular complexity index is 400. The first-order chi connectivity index (χ1) is 9.56. The quantitative estimate of drug-likeness (QED) is 0.499. The number of aliphatic hydroxyl groups excluding tert-OH is 3. The van der Waals surface area contributed by atoms with Crippen LogP contribution < -0.4 is 9.64 Å². The fraction of sp³-hybridized carbons (Fsp3) is 0.538. The number of hydrogen-bond donors (Lipinski definition) is 4. The summed E-state index contributed by atoms with van der Waals surface area (Å²) in [6.45, 7) is 1.42. The number of rotatable bonds is 9. The van der Waals surface area contributed by atoms with Gasteiger partial charge in [0.1, 0.15) is 38.1 Å². The number of aliphatic hydroxyl groups is 3. The van der Waals surface area contributed by atoms with E-state index in [4.69, 9.17) is 38.2 Å². The summed E-state index contributed by atoms with van der Waals surface area (Å²) in [6, 6.07) is 4.87. The Kier molecular flexibility index (Phi) is 8.21. The number of ether oxygens (including phenoxy) is 1. The van der Waals surface area contributed by atoms with Gasteiger partial charge >= 0.3 is 0 Å². The van der Waals surface area contributed by atoms with Crippen LogP contribution in [0.3, 0.4) is 0 Å². The topological polar surface area (TPSA) is 74.4 Å². The standard InChI is InChI=1S/C13H19Cl2NO4/c14-10-1-2-13(12(15)7-10)20-9-11(19)8-16(3-5-17)4-6-18/h1-2,7,11,17-19H,3-6,8-9H2/p+1/t11-/m0/s1. The van der Waals surface area contributed by atoms with Crippen LogP contribution in [0.1, 0.15) is 0 Å². The van der Waals surface area contributed by atoms with Crippen molar-refractivity contribution in [1.82, 2.24) is 0 Å². The van der Waals surface area contributed by atoms with Crippen molar-refractivity contribution < 1.29 is 25.0 Å². The monoisotopic (exact) mass is 324 g/mol. The molecule has 0 saturated heterocycles. The lowest BCUT2D eigenvalue weighted by Gasteiger charge is -2.21. The molecule has 0 aliphatic heterocycles. The van der Waals surface area contributed by atoms with Gasteiger partial charge in [0.15, 0.2) is 0 Å². The summed E-state index contributed by atoms with van der Waals surface area (Å²) in [5, 5.41) is 28.6. The lowest BCUT2D eigenvalue weighted by Crippen LogP contribution is -3.14. The van der Waals surface area contributed by atoms with E-state index in [1.807, 2.05) is 0 Å². The Labute approximate surface area is 128 Å². The van der Waals surface area contributed by atoms with Crippen LogP contribution in [0.15, 0.2) is 18.2 Å². The largest absolute Gasteiger partial charge is 0.489 e. The van der Waals surface area contributed by atoms with Crippen molar-refractivity contribution >= 4 is 23.2 Å². The van der Waals surface area contributed by atoms with Crippen LogP contribution in [0.4, 0.5) is 0 Å². The minimum Gasteiger partial charge on any atom is -0.489 e. The number of benzene rings is 1. The predicted molar refractivity (Wildman–Crippen MR) is 77.7 cm³/mol. The van der Waals surface area contributed by atoms with E-state index in [-0.39, 0.29) is 19.8 Å². The van der Waals surface area contributed by atoms with Crippen molar-refractivity contribution in [2.75, 3.05) is 39.5 Å². The normalized spacial score (nSPS) is 12.7. The molecule has 4 N–H and O–H groups in total. The van der Waals surface area contributed by atoms with Crippen LogP contribution in [0.5, 0.6) is 5.75 Å². The van der Waals surface area contributed by atoms with Crippen molar-refractivity contribution in [3.8, 4) is 5.75 Å². The van der Waals surface area contributed by atoms with E-state index in [0.717, 1.165) is 4.90 Å². The van der Waals surface area contributed by atoms with Gasteiger partial charge in [0.2, 0.25) is 0 Å². The first kappa shape index (κ1) is 17.5. The maximum absolute atomic E-state index is 9.90. The lowest BCUT2D eigenvalue weighted by atomic mass is 10.3. The molecule has 1 atom stereocenters. The van der Waals surface area contributed by atoms with E-state index in [9.17, 15) is 5.11 Å². The summed E-state index contributed by atoms with van der Waals surface area (Å²) >= 11 is 11.7. The first-order valence-corrected chi connectivity index (χ1v) is 7.13. The van der Waals surface area contributed by atoms with Crippen LogP contribution >= 0.6 is 23.2 Å². The summed E-state index contributed by atoms with van der Waals surface area (Å²) in [5.74, 6) is 0.459. The van der Waals surface area contributed by atoms with Crippen LogP contribution in [0.2, 0.25) is 10.0 Å². The molecule has 7 heteroatoms. The van der Waals surface area contributed by atoms with Gasteiger partial charge in [0.25, 0.3) is 0 Å². The number of nitrogens with one attached hydrogen (secondary N) is 1. The van der Waals surface area contributed by atoms with Crippen molar-refractivity contribution in [1.29, 1.82) is 0 Å². The molecule has 0 heterocycles. The van der Waals surface area contributed by atoms with Gasteiger partial charge in [-0.25, -0.2) is 0 Å². The minimum atomic E-state index is -0.713. The zero-order valence-corrected chi connectivity index (χ0v) is 12.6. The average Bonchev–Trinajstić information content (AvgIpc) is 2.38. The van der Waals surface area contributed by atoms with Gasteiger partial charge in [0.05, 0.1) is 18.2 Å². The van der Waals surface area contributed by atoms with Crippen LogP contribution in [-0.2, 0) is 0 Å². The molecule has 1 aromatic carbocycles. The molecule has 0 amide bonds. The van der Waals surface area contributed by atoms with E-state index in [1.54, 1.807) is 18.2 Å². The molecule has 20 heavy (non-hydrogen) atoms. The molecule has 0 aliphatic carbocycles. The Morgan fingerprint density at radius 2 is 1.80 bits per heavy atom. The van der Waals surface area contributed by atoms with Crippen LogP contribution in [-0.4, -0.2) is 60.9 Å². The van der Waals surface area contributed by atoms with Crippen molar-refractivity contribution in [3.63, 3.8) is 0 Å².